The molecule has 0 saturated carbocycles. The Morgan fingerprint density at radius 1 is 1.10 bits per heavy atom. The van der Waals surface area contributed by atoms with Crippen molar-refractivity contribution in [1.82, 2.24) is 4.31 Å². The second-order valence-corrected chi connectivity index (χ2v) is 7.50. The SMILES string of the molecule is CCC(CC)CN(CC)S(=O)(=O)c1c(C)cc(N)cc1C. The molecular formula is C16H28N2O2S. The lowest BCUT2D eigenvalue weighted by molar-refractivity contribution is 0.339. The quantitative estimate of drug-likeness (QED) is 0.785. The molecule has 0 unspecified atom stereocenters. The van der Waals surface area contributed by atoms with E-state index in [-0.39, 0.29) is 0 Å². The minimum Gasteiger partial charge on any atom is -0.399 e. The van der Waals surface area contributed by atoms with Crippen LogP contribution in [0.25, 0.3) is 0 Å². The van der Waals surface area contributed by atoms with Crippen LogP contribution in [-0.2, 0) is 10.0 Å². The number of rotatable bonds is 7. The maximum absolute atomic E-state index is 13.0. The van der Waals surface area contributed by atoms with Crippen LogP contribution in [0.15, 0.2) is 17.0 Å². The molecule has 120 valence electrons. The summed E-state index contributed by atoms with van der Waals surface area (Å²) in [6, 6.07) is 3.45. The fraction of sp³-hybridized carbons (Fsp3) is 0.625. The van der Waals surface area contributed by atoms with E-state index in [1.807, 2.05) is 6.92 Å². The lowest BCUT2D eigenvalue weighted by atomic mass is 10.0. The summed E-state index contributed by atoms with van der Waals surface area (Å²) in [5, 5.41) is 0. The third-order valence-electron chi connectivity index (χ3n) is 4.05. The minimum atomic E-state index is -3.47. The number of hydrogen-bond donors (Lipinski definition) is 1. The molecule has 5 heteroatoms. The molecular weight excluding hydrogens is 284 g/mol. The average molecular weight is 312 g/mol. The molecule has 4 nitrogen and oxygen atoms in total. The number of nitrogens with two attached hydrogens (primary N) is 1. The summed E-state index contributed by atoms with van der Waals surface area (Å²) in [5.74, 6) is 0.397. The van der Waals surface area contributed by atoms with Crippen molar-refractivity contribution in [2.75, 3.05) is 18.8 Å². The van der Waals surface area contributed by atoms with E-state index in [0.29, 0.717) is 29.6 Å². The molecule has 0 fully saturated rings. The highest BCUT2D eigenvalue weighted by atomic mass is 32.2. The van der Waals surface area contributed by atoms with E-state index < -0.39 is 10.0 Å². The van der Waals surface area contributed by atoms with Crippen LogP contribution < -0.4 is 5.73 Å². The second-order valence-electron chi connectivity index (χ2n) is 5.62. The summed E-state index contributed by atoms with van der Waals surface area (Å²) in [6.45, 7) is 10.8. The molecule has 0 bridgehead atoms. The van der Waals surface area contributed by atoms with Crippen molar-refractivity contribution >= 4 is 15.7 Å². The van der Waals surface area contributed by atoms with Gasteiger partial charge in [-0.15, -0.1) is 0 Å². The number of sulfonamides is 1. The van der Waals surface area contributed by atoms with E-state index in [2.05, 4.69) is 13.8 Å². The maximum Gasteiger partial charge on any atom is 0.243 e. The van der Waals surface area contributed by atoms with E-state index in [1.165, 1.54) is 0 Å². The molecule has 0 atom stereocenters. The van der Waals surface area contributed by atoms with Crippen LogP contribution in [0.4, 0.5) is 5.69 Å². The van der Waals surface area contributed by atoms with Gasteiger partial charge in [-0.05, 0) is 43.0 Å². The Morgan fingerprint density at radius 2 is 1.57 bits per heavy atom. The number of aryl methyl sites for hydroxylation is 2. The van der Waals surface area contributed by atoms with Crippen LogP contribution in [0.2, 0.25) is 0 Å². The fourth-order valence-corrected chi connectivity index (χ4v) is 4.69. The molecule has 0 amide bonds. The summed E-state index contributed by atoms with van der Waals surface area (Å²) < 4.78 is 27.5. The Hall–Kier alpha value is -1.07. The topological polar surface area (TPSA) is 63.4 Å². The van der Waals surface area contributed by atoms with Crippen LogP contribution in [0.5, 0.6) is 0 Å². The monoisotopic (exact) mass is 312 g/mol. The van der Waals surface area contributed by atoms with Crippen LogP contribution in [-0.4, -0.2) is 25.8 Å². The number of benzene rings is 1. The van der Waals surface area contributed by atoms with E-state index in [0.717, 1.165) is 24.0 Å². The zero-order valence-electron chi connectivity index (χ0n) is 13.8. The van der Waals surface area contributed by atoms with Gasteiger partial charge in [-0.3, -0.25) is 0 Å². The summed E-state index contributed by atoms with van der Waals surface area (Å²) in [7, 11) is -3.47. The normalized spacial score (nSPS) is 12.3. The van der Waals surface area contributed by atoms with Gasteiger partial charge in [0, 0.05) is 18.8 Å². The van der Waals surface area contributed by atoms with Crippen molar-refractivity contribution in [1.29, 1.82) is 0 Å². The molecule has 2 N–H and O–H groups in total. The first-order valence-corrected chi connectivity index (χ1v) is 9.08. The van der Waals surface area contributed by atoms with Gasteiger partial charge in [-0.25, -0.2) is 8.42 Å². The minimum absolute atomic E-state index is 0.397. The first-order valence-electron chi connectivity index (χ1n) is 7.64. The lowest BCUT2D eigenvalue weighted by Crippen LogP contribution is -2.35. The molecule has 0 radical (unpaired) electrons. The lowest BCUT2D eigenvalue weighted by Gasteiger charge is -2.26. The highest BCUT2D eigenvalue weighted by molar-refractivity contribution is 7.89. The van der Waals surface area contributed by atoms with Gasteiger partial charge < -0.3 is 5.73 Å². The Kier molecular flexibility index (Phi) is 6.23. The summed E-state index contributed by atoms with van der Waals surface area (Å²) in [4.78, 5) is 0.407. The van der Waals surface area contributed by atoms with E-state index >= 15 is 0 Å². The fourth-order valence-electron chi connectivity index (χ4n) is 2.75. The first-order chi connectivity index (χ1) is 9.77. The number of nitrogen functional groups attached to an aromatic ring is 1. The van der Waals surface area contributed by atoms with Crippen LogP contribution in [0.3, 0.4) is 0 Å². The average Bonchev–Trinajstić information content (AvgIpc) is 2.38. The third kappa shape index (κ3) is 3.98. The smallest absolute Gasteiger partial charge is 0.243 e. The second kappa shape index (κ2) is 7.27. The molecule has 1 aromatic carbocycles. The largest absolute Gasteiger partial charge is 0.399 e. The van der Waals surface area contributed by atoms with Crippen molar-refractivity contribution in [3.05, 3.63) is 23.3 Å². The van der Waals surface area contributed by atoms with Gasteiger partial charge >= 0.3 is 0 Å². The maximum atomic E-state index is 13.0. The molecule has 0 saturated heterocycles. The van der Waals surface area contributed by atoms with Gasteiger partial charge in [0.1, 0.15) is 0 Å². The van der Waals surface area contributed by atoms with Gasteiger partial charge in [-0.1, -0.05) is 33.6 Å². The Labute approximate surface area is 129 Å². The zero-order chi connectivity index (χ0) is 16.2. The van der Waals surface area contributed by atoms with E-state index in [9.17, 15) is 8.42 Å². The van der Waals surface area contributed by atoms with Crippen LogP contribution in [0, 0.1) is 19.8 Å². The molecule has 0 heterocycles. The number of nitrogens with zero attached hydrogens (tertiary/aromatic N) is 1. The Morgan fingerprint density at radius 3 is 1.95 bits per heavy atom. The number of anilines is 1. The molecule has 0 aliphatic rings. The summed E-state index contributed by atoms with van der Waals surface area (Å²) in [6.07, 6.45) is 1.98. The molecule has 1 rings (SSSR count). The molecule has 1 aromatic rings. The molecule has 21 heavy (non-hydrogen) atoms. The van der Waals surface area contributed by atoms with Crippen LogP contribution in [0.1, 0.15) is 44.7 Å². The molecule has 0 aromatic heterocycles. The standard InChI is InChI=1S/C16H28N2O2S/c1-6-14(7-2)11-18(8-3)21(19,20)16-12(4)9-15(17)10-13(16)5/h9-10,14H,6-8,11,17H2,1-5H3. The van der Waals surface area contributed by atoms with Crippen molar-refractivity contribution in [3.8, 4) is 0 Å². The van der Waals surface area contributed by atoms with Crippen molar-refractivity contribution in [2.45, 2.75) is 52.4 Å². The predicted octanol–water partition coefficient (Wildman–Crippen LogP) is 3.33. The molecule has 0 spiro atoms. The van der Waals surface area contributed by atoms with Crippen molar-refractivity contribution < 1.29 is 8.42 Å². The Balaban J connectivity index is 3.25. The number of hydrogen-bond acceptors (Lipinski definition) is 3. The van der Waals surface area contributed by atoms with E-state index in [4.69, 9.17) is 5.73 Å². The first kappa shape index (κ1) is 18.0. The van der Waals surface area contributed by atoms with Gasteiger partial charge in [-0.2, -0.15) is 4.31 Å². The predicted molar refractivity (Wildman–Crippen MR) is 88.8 cm³/mol. The van der Waals surface area contributed by atoms with Gasteiger partial charge in [0.2, 0.25) is 10.0 Å². The van der Waals surface area contributed by atoms with Crippen LogP contribution >= 0.6 is 0 Å². The summed E-state index contributed by atoms with van der Waals surface area (Å²) in [5.41, 5.74) is 7.84. The van der Waals surface area contributed by atoms with E-state index in [1.54, 1.807) is 30.3 Å². The summed E-state index contributed by atoms with van der Waals surface area (Å²) >= 11 is 0. The zero-order valence-corrected chi connectivity index (χ0v) is 14.6. The van der Waals surface area contributed by atoms with Gasteiger partial charge in [0.05, 0.1) is 4.90 Å². The molecule has 0 aliphatic carbocycles. The van der Waals surface area contributed by atoms with Crippen molar-refractivity contribution in [2.24, 2.45) is 5.92 Å². The van der Waals surface area contributed by atoms with Crippen molar-refractivity contribution in [3.63, 3.8) is 0 Å². The highest BCUT2D eigenvalue weighted by Crippen LogP contribution is 2.27. The molecule has 0 aliphatic heterocycles. The van der Waals surface area contributed by atoms with Gasteiger partial charge in [0.25, 0.3) is 0 Å². The van der Waals surface area contributed by atoms with Gasteiger partial charge in [0.15, 0.2) is 0 Å². The third-order valence-corrected chi connectivity index (χ3v) is 6.30. The Bertz CT molecular complexity index is 555. The highest BCUT2D eigenvalue weighted by Gasteiger charge is 2.28.